The van der Waals surface area contributed by atoms with E-state index in [9.17, 15) is 14.9 Å². The Morgan fingerprint density at radius 2 is 2.00 bits per heavy atom. The van der Waals surface area contributed by atoms with Crippen molar-refractivity contribution in [2.45, 2.75) is 27.3 Å². The lowest BCUT2D eigenvalue weighted by atomic mass is 10.1. The lowest BCUT2D eigenvalue weighted by Crippen LogP contribution is -2.21. The average molecular weight is 430 g/mol. The number of carbonyl (C=O) groups is 2. The third-order valence-corrected chi connectivity index (χ3v) is 4.82. The van der Waals surface area contributed by atoms with Gasteiger partial charge in [0.05, 0.1) is 17.3 Å². The fraction of sp³-hybridized carbons (Fsp3) is 0.318. The molecular weight excluding hydrogens is 406 g/mol. The third kappa shape index (κ3) is 5.96. The van der Waals surface area contributed by atoms with E-state index in [-0.39, 0.29) is 5.57 Å². The Labute approximate surface area is 180 Å². The van der Waals surface area contributed by atoms with Gasteiger partial charge in [0.15, 0.2) is 6.61 Å². The molecule has 0 aliphatic heterocycles. The number of anilines is 1. The maximum Gasteiger partial charge on any atom is 0.349 e. The van der Waals surface area contributed by atoms with Gasteiger partial charge in [-0.2, -0.15) is 5.26 Å². The summed E-state index contributed by atoms with van der Waals surface area (Å²) in [5, 5.41) is 12.3. The molecule has 0 aliphatic carbocycles. The highest BCUT2D eigenvalue weighted by molar-refractivity contribution is 6.33. The summed E-state index contributed by atoms with van der Waals surface area (Å²) in [4.78, 5) is 24.3. The topological polar surface area (TPSA) is 93.3 Å². The molecule has 0 saturated carbocycles. The summed E-state index contributed by atoms with van der Waals surface area (Å²) in [6.45, 7) is 6.39. The summed E-state index contributed by atoms with van der Waals surface area (Å²) in [5.74, 6) is -1.42. The summed E-state index contributed by atoms with van der Waals surface area (Å²) < 4.78 is 12.1. The van der Waals surface area contributed by atoms with Gasteiger partial charge >= 0.3 is 5.97 Å². The highest BCUT2D eigenvalue weighted by Gasteiger charge is 2.16. The van der Waals surface area contributed by atoms with Gasteiger partial charge in [-0.25, -0.2) is 4.79 Å². The number of aromatic nitrogens is 1. The van der Waals surface area contributed by atoms with E-state index in [1.54, 1.807) is 25.3 Å². The molecule has 1 amide bonds. The minimum Gasteiger partial charge on any atom is -0.451 e. The second kappa shape index (κ2) is 10.6. The predicted octanol–water partition coefficient (Wildman–Crippen LogP) is 3.80. The van der Waals surface area contributed by atoms with E-state index in [0.717, 1.165) is 22.5 Å². The molecule has 158 valence electrons. The van der Waals surface area contributed by atoms with E-state index in [4.69, 9.17) is 21.1 Å². The van der Waals surface area contributed by atoms with E-state index in [2.05, 4.69) is 5.32 Å². The van der Waals surface area contributed by atoms with Crippen LogP contribution < -0.4 is 5.32 Å². The van der Waals surface area contributed by atoms with Gasteiger partial charge in [-0.3, -0.25) is 4.79 Å². The molecule has 0 unspecified atom stereocenters. The Morgan fingerprint density at radius 3 is 2.63 bits per heavy atom. The zero-order valence-corrected chi connectivity index (χ0v) is 18.2. The average Bonchev–Trinajstić information content (AvgIpc) is 2.97. The highest BCUT2D eigenvalue weighted by atomic mass is 35.5. The predicted molar refractivity (Wildman–Crippen MR) is 115 cm³/mol. The number of methoxy groups -OCH3 is 1. The summed E-state index contributed by atoms with van der Waals surface area (Å²) in [7, 11) is 1.63. The summed E-state index contributed by atoms with van der Waals surface area (Å²) >= 11 is 6.08. The second-order valence-corrected chi connectivity index (χ2v) is 7.16. The Hall–Kier alpha value is -3.08. The number of ether oxygens (including phenoxy) is 2. The molecule has 30 heavy (non-hydrogen) atoms. The zero-order chi connectivity index (χ0) is 22.3. The Balaban J connectivity index is 2.04. The van der Waals surface area contributed by atoms with Crippen LogP contribution in [-0.4, -0.2) is 36.8 Å². The lowest BCUT2D eigenvalue weighted by molar-refractivity contribution is -0.142. The standard InChI is InChI=1S/C22H24ClN3O4/c1-14-5-6-20(19(23)9-14)25-21(27)13-30-22(28)18(12-24)11-17-10-15(2)26(16(17)3)7-8-29-4/h5-6,9-11H,7-8,13H2,1-4H3,(H,25,27)/b18-11+. The normalized spacial score (nSPS) is 11.1. The molecule has 0 bridgehead atoms. The summed E-state index contributed by atoms with van der Waals surface area (Å²) in [6.07, 6.45) is 1.46. The van der Waals surface area contributed by atoms with Gasteiger partial charge in [0.2, 0.25) is 0 Å². The first kappa shape index (κ1) is 23.2. The fourth-order valence-electron chi connectivity index (χ4n) is 2.91. The fourth-order valence-corrected chi connectivity index (χ4v) is 3.19. The van der Waals surface area contributed by atoms with Crippen LogP contribution in [0.25, 0.3) is 6.08 Å². The van der Waals surface area contributed by atoms with Crippen molar-refractivity contribution in [1.82, 2.24) is 4.57 Å². The zero-order valence-electron chi connectivity index (χ0n) is 17.4. The highest BCUT2D eigenvalue weighted by Crippen LogP contribution is 2.22. The van der Waals surface area contributed by atoms with Crippen LogP contribution in [0.3, 0.4) is 0 Å². The number of halogens is 1. The lowest BCUT2D eigenvalue weighted by Gasteiger charge is -2.09. The quantitative estimate of drug-likeness (QED) is 0.391. The second-order valence-electron chi connectivity index (χ2n) is 6.75. The number of aryl methyl sites for hydroxylation is 2. The van der Waals surface area contributed by atoms with Crippen molar-refractivity contribution in [3.8, 4) is 6.07 Å². The van der Waals surface area contributed by atoms with Crippen molar-refractivity contribution in [3.05, 3.63) is 57.4 Å². The van der Waals surface area contributed by atoms with Crippen LogP contribution in [-0.2, 0) is 25.6 Å². The number of nitriles is 1. The van der Waals surface area contributed by atoms with Gasteiger partial charge in [-0.1, -0.05) is 17.7 Å². The van der Waals surface area contributed by atoms with E-state index in [1.807, 2.05) is 37.5 Å². The molecule has 2 aromatic rings. The van der Waals surface area contributed by atoms with E-state index in [1.165, 1.54) is 6.08 Å². The van der Waals surface area contributed by atoms with Crippen LogP contribution in [0, 0.1) is 32.1 Å². The van der Waals surface area contributed by atoms with Crippen LogP contribution in [0.15, 0.2) is 29.8 Å². The van der Waals surface area contributed by atoms with E-state index in [0.29, 0.717) is 23.9 Å². The van der Waals surface area contributed by atoms with Crippen LogP contribution in [0.4, 0.5) is 5.69 Å². The molecule has 0 atom stereocenters. The summed E-state index contributed by atoms with van der Waals surface area (Å²) in [6, 6.07) is 8.89. The molecule has 1 heterocycles. The molecule has 0 spiro atoms. The van der Waals surface area contributed by atoms with Crippen LogP contribution in [0.2, 0.25) is 5.02 Å². The maximum absolute atomic E-state index is 12.3. The Kier molecular flexibility index (Phi) is 8.22. The third-order valence-electron chi connectivity index (χ3n) is 4.51. The number of nitrogens with one attached hydrogen (secondary N) is 1. The van der Waals surface area contributed by atoms with Crippen LogP contribution in [0.5, 0.6) is 0 Å². The van der Waals surface area contributed by atoms with Gasteiger partial charge < -0.3 is 19.4 Å². The van der Waals surface area contributed by atoms with Crippen LogP contribution >= 0.6 is 11.6 Å². The minimum atomic E-state index is -0.871. The van der Waals surface area contributed by atoms with Gasteiger partial charge in [0.1, 0.15) is 11.6 Å². The number of hydrogen-bond acceptors (Lipinski definition) is 5. The van der Waals surface area contributed by atoms with Gasteiger partial charge in [-0.05, 0) is 56.2 Å². The van der Waals surface area contributed by atoms with E-state index < -0.39 is 18.5 Å². The van der Waals surface area contributed by atoms with Gasteiger partial charge in [-0.15, -0.1) is 0 Å². The molecule has 2 rings (SSSR count). The Morgan fingerprint density at radius 1 is 1.27 bits per heavy atom. The number of esters is 1. The molecule has 0 aliphatic rings. The molecule has 8 heteroatoms. The Bertz CT molecular complexity index is 1020. The molecule has 1 aromatic heterocycles. The molecule has 0 radical (unpaired) electrons. The van der Waals surface area contributed by atoms with Crippen molar-refractivity contribution >= 4 is 35.2 Å². The SMILES string of the molecule is COCCn1c(C)cc(/C=C(\C#N)C(=O)OCC(=O)Nc2ccc(C)cc2Cl)c1C. The van der Waals surface area contributed by atoms with Gasteiger partial charge in [0, 0.05) is 25.0 Å². The van der Waals surface area contributed by atoms with Gasteiger partial charge in [0.25, 0.3) is 5.91 Å². The molecule has 1 aromatic carbocycles. The molecular formula is C22H24ClN3O4. The van der Waals surface area contributed by atoms with Crippen molar-refractivity contribution in [3.63, 3.8) is 0 Å². The minimum absolute atomic E-state index is 0.192. The molecule has 0 saturated heterocycles. The van der Waals surface area contributed by atoms with E-state index >= 15 is 0 Å². The van der Waals surface area contributed by atoms with Crippen molar-refractivity contribution in [2.75, 3.05) is 25.6 Å². The number of rotatable bonds is 8. The number of amides is 1. The molecule has 0 fully saturated rings. The maximum atomic E-state index is 12.3. The number of hydrogen-bond donors (Lipinski definition) is 1. The number of benzene rings is 1. The van der Waals surface area contributed by atoms with Crippen molar-refractivity contribution in [2.24, 2.45) is 0 Å². The summed E-state index contributed by atoms with van der Waals surface area (Å²) in [5.41, 5.74) is 3.79. The van der Waals surface area contributed by atoms with Crippen molar-refractivity contribution in [1.29, 1.82) is 5.26 Å². The number of carbonyl (C=O) groups excluding carboxylic acids is 2. The first-order valence-corrected chi connectivity index (χ1v) is 9.65. The van der Waals surface area contributed by atoms with Crippen LogP contribution in [0.1, 0.15) is 22.5 Å². The monoisotopic (exact) mass is 429 g/mol. The smallest absolute Gasteiger partial charge is 0.349 e. The van der Waals surface area contributed by atoms with Crippen molar-refractivity contribution < 1.29 is 19.1 Å². The molecule has 7 nitrogen and oxygen atoms in total. The number of nitrogens with zero attached hydrogens (tertiary/aromatic N) is 2. The molecule has 1 N–H and O–H groups in total. The first-order valence-electron chi connectivity index (χ1n) is 9.27. The largest absolute Gasteiger partial charge is 0.451 e. The first-order chi connectivity index (χ1) is 14.3.